The minimum Gasteiger partial charge on any atom is -0.481 e. The zero-order chi connectivity index (χ0) is 12.7. The molecule has 0 aromatic heterocycles. The Morgan fingerprint density at radius 3 is 2.41 bits per heavy atom. The summed E-state index contributed by atoms with van der Waals surface area (Å²) in [6.45, 7) is 3.94. The monoisotopic (exact) mass is 276 g/mol. The molecule has 1 N–H and O–H groups in total. The summed E-state index contributed by atoms with van der Waals surface area (Å²) in [5.41, 5.74) is 1.20. The number of ether oxygens (including phenoxy) is 1. The van der Waals surface area contributed by atoms with Crippen molar-refractivity contribution in [2.24, 2.45) is 0 Å². The fraction of sp³-hybridized carbons (Fsp3) is 0.636. The van der Waals surface area contributed by atoms with Gasteiger partial charge in [0.25, 0.3) is 0 Å². The van der Waals surface area contributed by atoms with Gasteiger partial charge in [0.05, 0.1) is 12.8 Å². The average Bonchev–Trinajstić information content (AvgIpc) is 2.23. The third-order valence-electron chi connectivity index (χ3n) is 2.06. The first kappa shape index (κ1) is 14.4. The van der Waals surface area contributed by atoms with E-state index in [0.29, 0.717) is 0 Å². The van der Waals surface area contributed by atoms with E-state index in [-0.39, 0.29) is 18.9 Å². The summed E-state index contributed by atoms with van der Waals surface area (Å²) in [5.74, 6) is 1.92. The molecule has 17 heavy (non-hydrogen) atoms. The van der Waals surface area contributed by atoms with E-state index in [4.69, 9.17) is 9.84 Å². The van der Waals surface area contributed by atoms with E-state index >= 15 is 0 Å². The highest BCUT2D eigenvalue weighted by atomic mass is 32.2. The van der Waals surface area contributed by atoms with Crippen LogP contribution in [0.25, 0.3) is 0 Å². The van der Waals surface area contributed by atoms with Crippen LogP contribution in [0.15, 0.2) is 12.2 Å². The number of aliphatic carboxylic acids is 1. The van der Waals surface area contributed by atoms with Crippen LogP contribution in [0.1, 0.15) is 12.8 Å². The van der Waals surface area contributed by atoms with Crippen LogP contribution in [0.4, 0.5) is 0 Å². The third-order valence-corrected chi connectivity index (χ3v) is 4.50. The van der Waals surface area contributed by atoms with Crippen LogP contribution in [0, 0.1) is 0 Å². The Hall–Kier alpha value is -0.620. The normalized spacial score (nSPS) is 18.2. The Morgan fingerprint density at radius 2 is 1.88 bits per heavy atom. The number of carboxylic acids is 1. The Kier molecular flexibility index (Phi) is 6.50. The lowest BCUT2D eigenvalue weighted by atomic mass is 10.3. The number of thioether (sulfide) groups is 2. The second kappa shape index (κ2) is 7.66. The van der Waals surface area contributed by atoms with Crippen molar-refractivity contribution in [1.29, 1.82) is 0 Å². The number of rotatable bonds is 4. The van der Waals surface area contributed by atoms with E-state index in [2.05, 4.69) is 6.58 Å². The van der Waals surface area contributed by atoms with Crippen molar-refractivity contribution >= 4 is 35.5 Å². The SMILES string of the molecule is C=C1CSCC(OC(=O)CCC(=O)O)CSC1. The largest absolute Gasteiger partial charge is 0.481 e. The molecule has 0 aromatic rings. The molecule has 0 bridgehead atoms. The van der Waals surface area contributed by atoms with Crippen molar-refractivity contribution < 1.29 is 19.4 Å². The predicted molar refractivity (Wildman–Crippen MR) is 70.5 cm³/mol. The number of carbonyl (C=O) groups is 2. The molecule has 1 saturated heterocycles. The Balaban J connectivity index is 2.27. The van der Waals surface area contributed by atoms with E-state index in [1.165, 1.54) is 5.57 Å². The summed E-state index contributed by atoms with van der Waals surface area (Å²) in [5, 5.41) is 8.45. The van der Waals surface area contributed by atoms with Gasteiger partial charge in [-0.1, -0.05) is 12.2 Å². The lowest BCUT2D eigenvalue weighted by Gasteiger charge is -2.20. The molecule has 6 heteroatoms. The molecule has 0 saturated carbocycles. The van der Waals surface area contributed by atoms with Crippen LogP contribution in [0.3, 0.4) is 0 Å². The lowest BCUT2D eigenvalue weighted by Crippen LogP contribution is -2.25. The fourth-order valence-electron chi connectivity index (χ4n) is 1.28. The summed E-state index contributed by atoms with van der Waals surface area (Å²) >= 11 is 3.41. The van der Waals surface area contributed by atoms with Gasteiger partial charge in [0, 0.05) is 23.0 Å². The summed E-state index contributed by atoms with van der Waals surface area (Å²) in [6.07, 6.45) is -0.323. The maximum atomic E-state index is 11.4. The Bertz CT molecular complexity index is 292. The maximum Gasteiger partial charge on any atom is 0.306 e. The standard InChI is InChI=1S/C11H16O4S2/c1-8-4-16-6-9(7-17-5-8)15-11(14)3-2-10(12)13/h9H,1-7H2,(H,12,13). The molecule has 0 aromatic carbocycles. The van der Waals surface area contributed by atoms with Crippen LogP contribution < -0.4 is 0 Å². The van der Waals surface area contributed by atoms with Crippen molar-refractivity contribution in [3.05, 3.63) is 12.2 Å². The molecule has 96 valence electrons. The van der Waals surface area contributed by atoms with Gasteiger partial charge >= 0.3 is 11.9 Å². The number of carbonyl (C=O) groups excluding carboxylic acids is 1. The van der Waals surface area contributed by atoms with Crippen molar-refractivity contribution in [3.63, 3.8) is 0 Å². The fourth-order valence-corrected chi connectivity index (χ4v) is 3.47. The smallest absolute Gasteiger partial charge is 0.306 e. The number of carboxylic acid groups (broad SMARTS) is 1. The first-order valence-corrected chi connectivity index (χ1v) is 7.62. The highest BCUT2D eigenvalue weighted by Crippen LogP contribution is 2.21. The van der Waals surface area contributed by atoms with E-state index in [9.17, 15) is 9.59 Å². The molecule has 1 fully saturated rings. The molecule has 1 aliphatic heterocycles. The van der Waals surface area contributed by atoms with Gasteiger partial charge in [0.2, 0.25) is 0 Å². The molecule has 1 rings (SSSR count). The number of hydrogen-bond acceptors (Lipinski definition) is 5. The van der Waals surface area contributed by atoms with E-state index in [1.807, 2.05) is 0 Å². The molecular formula is C11H16O4S2. The topological polar surface area (TPSA) is 63.6 Å². The quantitative estimate of drug-likeness (QED) is 0.624. The van der Waals surface area contributed by atoms with Crippen LogP contribution in [-0.4, -0.2) is 46.2 Å². The third kappa shape index (κ3) is 6.63. The van der Waals surface area contributed by atoms with Crippen LogP contribution in [0.2, 0.25) is 0 Å². The summed E-state index contributed by atoms with van der Waals surface area (Å²) in [6, 6.07) is 0. The molecule has 1 heterocycles. The minimum absolute atomic E-state index is 0.0477. The van der Waals surface area contributed by atoms with Gasteiger partial charge in [-0.25, -0.2) is 0 Å². The molecule has 0 spiro atoms. The molecule has 0 radical (unpaired) electrons. The summed E-state index contributed by atoms with van der Waals surface area (Å²) in [4.78, 5) is 21.7. The van der Waals surface area contributed by atoms with E-state index in [0.717, 1.165) is 23.0 Å². The maximum absolute atomic E-state index is 11.4. The van der Waals surface area contributed by atoms with Crippen molar-refractivity contribution in [2.45, 2.75) is 18.9 Å². The second-order valence-corrected chi connectivity index (χ2v) is 5.85. The molecule has 0 amide bonds. The molecule has 0 unspecified atom stereocenters. The second-order valence-electron chi connectivity index (χ2n) is 3.79. The van der Waals surface area contributed by atoms with Gasteiger partial charge in [-0.3, -0.25) is 9.59 Å². The van der Waals surface area contributed by atoms with Gasteiger partial charge in [0.1, 0.15) is 6.10 Å². The van der Waals surface area contributed by atoms with Gasteiger partial charge < -0.3 is 9.84 Å². The molecular weight excluding hydrogens is 260 g/mol. The highest BCUT2D eigenvalue weighted by molar-refractivity contribution is 8.01. The zero-order valence-electron chi connectivity index (χ0n) is 9.52. The molecule has 4 nitrogen and oxygen atoms in total. The first-order valence-electron chi connectivity index (χ1n) is 5.31. The van der Waals surface area contributed by atoms with E-state index < -0.39 is 11.9 Å². The zero-order valence-corrected chi connectivity index (χ0v) is 11.1. The van der Waals surface area contributed by atoms with Crippen LogP contribution in [0.5, 0.6) is 0 Å². The van der Waals surface area contributed by atoms with Crippen LogP contribution in [-0.2, 0) is 14.3 Å². The van der Waals surface area contributed by atoms with E-state index in [1.54, 1.807) is 23.5 Å². The van der Waals surface area contributed by atoms with Crippen molar-refractivity contribution in [2.75, 3.05) is 23.0 Å². The summed E-state index contributed by atoms with van der Waals surface area (Å²) in [7, 11) is 0. The first-order chi connectivity index (χ1) is 8.08. The summed E-state index contributed by atoms with van der Waals surface area (Å²) < 4.78 is 5.24. The molecule has 0 aliphatic carbocycles. The van der Waals surface area contributed by atoms with Gasteiger partial charge in [-0.05, 0) is 0 Å². The lowest BCUT2D eigenvalue weighted by molar-refractivity contribution is -0.150. The van der Waals surface area contributed by atoms with Gasteiger partial charge in [-0.15, -0.1) is 0 Å². The molecule has 1 aliphatic rings. The van der Waals surface area contributed by atoms with Gasteiger partial charge in [0.15, 0.2) is 0 Å². The Labute approximate surface area is 109 Å². The average molecular weight is 276 g/mol. The van der Waals surface area contributed by atoms with Crippen molar-refractivity contribution in [1.82, 2.24) is 0 Å². The molecule has 0 atom stereocenters. The highest BCUT2D eigenvalue weighted by Gasteiger charge is 2.17. The minimum atomic E-state index is -0.973. The van der Waals surface area contributed by atoms with Crippen LogP contribution >= 0.6 is 23.5 Å². The van der Waals surface area contributed by atoms with Gasteiger partial charge in [-0.2, -0.15) is 23.5 Å². The number of esters is 1. The number of hydrogen-bond donors (Lipinski definition) is 1. The van der Waals surface area contributed by atoms with Crippen molar-refractivity contribution in [3.8, 4) is 0 Å². The predicted octanol–water partition coefficient (Wildman–Crippen LogP) is 1.80. The Morgan fingerprint density at radius 1 is 1.29 bits per heavy atom.